The number of pyridine rings is 1. The molecule has 0 spiro atoms. The van der Waals surface area contributed by atoms with E-state index in [0.717, 1.165) is 36.4 Å². The van der Waals surface area contributed by atoms with Crippen LogP contribution in [0.5, 0.6) is 5.88 Å². The quantitative estimate of drug-likeness (QED) is 0.814. The summed E-state index contributed by atoms with van der Waals surface area (Å²) < 4.78 is 5.90. The highest BCUT2D eigenvalue weighted by atomic mass is 16.5. The SMILES string of the molecule is CC(NCc1ccc(OC2CCCC2)nc1)c1cccc(CO)c1. The lowest BCUT2D eigenvalue weighted by atomic mass is 10.1. The number of aliphatic hydroxyl groups is 1. The molecular formula is C20H26N2O2. The molecule has 0 amide bonds. The molecule has 1 saturated carbocycles. The maximum atomic E-state index is 9.24. The zero-order valence-electron chi connectivity index (χ0n) is 14.2. The van der Waals surface area contributed by atoms with Crippen LogP contribution in [0.15, 0.2) is 42.6 Å². The molecule has 0 aliphatic heterocycles. The highest BCUT2D eigenvalue weighted by Crippen LogP contribution is 2.23. The topological polar surface area (TPSA) is 54.4 Å². The lowest BCUT2D eigenvalue weighted by Crippen LogP contribution is -2.18. The fourth-order valence-electron chi connectivity index (χ4n) is 3.11. The molecule has 1 aromatic heterocycles. The van der Waals surface area contributed by atoms with E-state index < -0.39 is 0 Å². The molecule has 2 aromatic rings. The molecule has 2 N–H and O–H groups in total. The minimum atomic E-state index is 0.0763. The molecule has 3 rings (SSSR count). The van der Waals surface area contributed by atoms with Crippen molar-refractivity contribution in [3.8, 4) is 5.88 Å². The zero-order chi connectivity index (χ0) is 16.8. The predicted molar refractivity (Wildman–Crippen MR) is 94.7 cm³/mol. The summed E-state index contributed by atoms with van der Waals surface area (Å²) in [7, 11) is 0. The van der Waals surface area contributed by atoms with Gasteiger partial charge in [-0.25, -0.2) is 4.98 Å². The van der Waals surface area contributed by atoms with Crippen LogP contribution in [0.3, 0.4) is 0 Å². The van der Waals surface area contributed by atoms with Gasteiger partial charge in [0.15, 0.2) is 0 Å². The summed E-state index contributed by atoms with van der Waals surface area (Å²) in [5.41, 5.74) is 3.26. The molecule has 1 heterocycles. The van der Waals surface area contributed by atoms with Crippen molar-refractivity contribution in [2.45, 2.75) is 57.9 Å². The van der Waals surface area contributed by atoms with Gasteiger partial charge in [-0.15, -0.1) is 0 Å². The summed E-state index contributed by atoms with van der Waals surface area (Å²) in [4.78, 5) is 4.42. The molecule has 1 atom stereocenters. The Bertz CT molecular complexity index is 636. The second-order valence-corrected chi connectivity index (χ2v) is 6.53. The van der Waals surface area contributed by atoms with Crippen LogP contribution in [0.1, 0.15) is 55.3 Å². The largest absolute Gasteiger partial charge is 0.474 e. The van der Waals surface area contributed by atoms with Crippen LogP contribution >= 0.6 is 0 Å². The van der Waals surface area contributed by atoms with E-state index >= 15 is 0 Å². The van der Waals surface area contributed by atoms with E-state index in [1.54, 1.807) is 0 Å². The van der Waals surface area contributed by atoms with E-state index in [1.807, 2.05) is 30.5 Å². The van der Waals surface area contributed by atoms with Crippen molar-refractivity contribution in [3.63, 3.8) is 0 Å². The van der Waals surface area contributed by atoms with E-state index in [1.165, 1.54) is 18.4 Å². The molecule has 4 heteroatoms. The number of hydrogen-bond acceptors (Lipinski definition) is 4. The van der Waals surface area contributed by atoms with Crippen LogP contribution < -0.4 is 10.1 Å². The van der Waals surface area contributed by atoms with Crippen molar-refractivity contribution in [3.05, 3.63) is 59.3 Å². The van der Waals surface area contributed by atoms with Crippen LogP contribution in [-0.4, -0.2) is 16.2 Å². The van der Waals surface area contributed by atoms with Gasteiger partial charge in [0.2, 0.25) is 5.88 Å². The van der Waals surface area contributed by atoms with Crippen molar-refractivity contribution in [1.29, 1.82) is 0 Å². The first-order chi connectivity index (χ1) is 11.7. The third kappa shape index (κ3) is 4.56. The number of aliphatic hydroxyl groups excluding tert-OH is 1. The molecule has 128 valence electrons. The van der Waals surface area contributed by atoms with Gasteiger partial charge < -0.3 is 15.2 Å². The van der Waals surface area contributed by atoms with Crippen molar-refractivity contribution >= 4 is 0 Å². The van der Waals surface area contributed by atoms with Crippen LogP contribution in [-0.2, 0) is 13.2 Å². The number of aromatic nitrogens is 1. The van der Waals surface area contributed by atoms with Crippen molar-refractivity contribution < 1.29 is 9.84 Å². The number of benzene rings is 1. The van der Waals surface area contributed by atoms with Crippen molar-refractivity contribution in [1.82, 2.24) is 10.3 Å². The number of rotatable bonds is 7. The normalized spacial score (nSPS) is 16.2. The minimum absolute atomic E-state index is 0.0763. The Morgan fingerprint density at radius 1 is 1.21 bits per heavy atom. The molecule has 1 aliphatic carbocycles. The van der Waals surface area contributed by atoms with E-state index in [0.29, 0.717) is 6.10 Å². The monoisotopic (exact) mass is 326 g/mol. The van der Waals surface area contributed by atoms with Gasteiger partial charge in [0, 0.05) is 24.8 Å². The molecule has 1 aromatic carbocycles. The summed E-state index contributed by atoms with van der Waals surface area (Å²) in [6, 6.07) is 12.3. The minimum Gasteiger partial charge on any atom is -0.474 e. The molecule has 4 nitrogen and oxygen atoms in total. The molecule has 24 heavy (non-hydrogen) atoms. The van der Waals surface area contributed by atoms with Gasteiger partial charge in [-0.1, -0.05) is 30.3 Å². The number of ether oxygens (including phenoxy) is 1. The molecule has 1 fully saturated rings. The Labute approximate surface area is 143 Å². The molecule has 1 aliphatic rings. The summed E-state index contributed by atoms with van der Waals surface area (Å²) >= 11 is 0. The second-order valence-electron chi connectivity index (χ2n) is 6.53. The summed E-state index contributed by atoms with van der Waals surface area (Å²) in [5, 5.41) is 12.7. The Kier molecular flexibility index (Phi) is 5.83. The van der Waals surface area contributed by atoms with Gasteiger partial charge in [-0.05, 0) is 49.3 Å². The Morgan fingerprint density at radius 2 is 2.04 bits per heavy atom. The lowest BCUT2D eigenvalue weighted by molar-refractivity contribution is 0.201. The number of nitrogens with one attached hydrogen (secondary N) is 1. The second kappa shape index (κ2) is 8.27. The Hall–Kier alpha value is -1.91. The molecule has 0 radical (unpaired) electrons. The van der Waals surface area contributed by atoms with Gasteiger partial charge in [-0.3, -0.25) is 0 Å². The average molecular weight is 326 g/mol. The van der Waals surface area contributed by atoms with Gasteiger partial charge in [0.25, 0.3) is 0 Å². The Balaban J connectivity index is 1.52. The summed E-state index contributed by atoms with van der Waals surface area (Å²) in [6.45, 7) is 2.95. The summed E-state index contributed by atoms with van der Waals surface area (Å²) in [6.07, 6.45) is 7.06. The van der Waals surface area contributed by atoms with Gasteiger partial charge in [-0.2, -0.15) is 0 Å². The smallest absolute Gasteiger partial charge is 0.213 e. The van der Waals surface area contributed by atoms with Gasteiger partial charge >= 0.3 is 0 Å². The van der Waals surface area contributed by atoms with Crippen LogP contribution in [0.25, 0.3) is 0 Å². The highest BCUT2D eigenvalue weighted by molar-refractivity contribution is 5.25. The predicted octanol–water partition coefficient (Wildman–Crippen LogP) is 3.75. The molecule has 0 saturated heterocycles. The molecular weight excluding hydrogens is 300 g/mol. The first-order valence-corrected chi connectivity index (χ1v) is 8.79. The Morgan fingerprint density at radius 3 is 2.75 bits per heavy atom. The van der Waals surface area contributed by atoms with Crippen molar-refractivity contribution in [2.24, 2.45) is 0 Å². The molecule has 0 bridgehead atoms. The third-order valence-corrected chi connectivity index (χ3v) is 4.63. The fourth-order valence-corrected chi connectivity index (χ4v) is 3.11. The van der Waals surface area contributed by atoms with Crippen LogP contribution in [0.2, 0.25) is 0 Å². The number of nitrogens with zero attached hydrogens (tertiary/aromatic N) is 1. The lowest BCUT2D eigenvalue weighted by Gasteiger charge is -2.16. The molecule has 1 unspecified atom stereocenters. The third-order valence-electron chi connectivity index (χ3n) is 4.63. The van der Waals surface area contributed by atoms with Crippen LogP contribution in [0, 0.1) is 0 Å². The van der Waals surface area contributed by atoms with E-state index in [4.69, 9.17) is 4.74 Å². The maximum absolute atomic E-state index is 9.24. The number of hydrogen-bond donors (Lipinski definition) is 2. The summed E-state index contributed by atoms with van der Waals surface area (Å²) in [5.74, 6) is 0.731. The average Bonchev–Trinajstić information content (AvgIpc) is 3.14. The van der Waals surface area contributed by atoms with E-state index in [2.05, 4.69) is 29.4 Å². The first-order valence-electron chi connectivity index (χ1n) is 8.79. The van der Waals surface area contributed by atoms with Gasteiger partial charge in [0.1, 0.15) is 6.10 Å². The van der Waals surface area contributed by atoms with E-state index in [9.17, 15) is 5.11 Å². The maximum Gasteiger partial charge on any atom is 0.213 e. The van der Waals surface area contributed by atoms with Crippen LogP contribution in [0.4, 0.5) is 0 Å². The zero-order valence-corrected chi connectivity index (χ0v) is 14.2. The standard InChI is InChI=1S/C20H26N2O2/c1-15(18-6-4-5-16(11-18)14-23)21-12-17-9-10-20(22-13-17)24-19-7-2-3-8-19/h4-6,9-11,13,15,19,21,23H,2-3,7-8,12,14H2,1H3. The first kappa shape index (κ1) is 16.9. The van der Waals surface area contributed by atoms with Gasteiger partial charge in [0.05, 0.1) is 6.61 Å². The highest BCUT2D eigenvalue weighted by Gasteiger charge is 2.16. The van der Waals surface area contributed by atoms with Crippen molar-refractivity contribution in [2.75, 3.05) is 0 Å². The fraction of sp³-hybridized carbons (Fsp3) is 0.450. The van der Waals surface area contributed by atoms with E-state index in [-0.39, 0.29) is 12.6 Å².